The third-order valence-electron chi connectivity index (χ3n) is 7.19. The maximum atomic E-state index is 12.7. The van der Waals surface area contributed by atoms with Gasteiger partial charge in [-0.3, -0.25) is 9.59 Å². The number of aromatic nitrogens is 2. The van der Waals surface area contributed by atoms with Gasteiger partial charge >= 0.3 is 5.97 Å². The molecule has 1 amide bonds. The normalized spacial score (nSPS) is 13.3. The molecule has 7 heteroatoms. The number of nitrogens with one attached hydrogen (secondary N) is 1. The number of aryl methyl sites for hydroxylation is 1. The number of hydrogen-bond acceptors (Lipinski definition) is 5. The minimum atomic E-state index is -0.431. The molecular weight excluding hydrogens is 488 g/mol. The summed E-state index contributed by atoms with van der Waals surface area (Å²) in [5.41, 5.74) is 6.85. The van der Waals surface area contributed by atoms with Gasteiger partial charge in [-0.25, -0.2) is 0 Å². The first-order valence-corrected chi connectivity index (χ1v) is 13.4. The number of benzene rings is 3. The van der Waals surface area contributed by atoms with Gasteiger partial charge in [0, 0.05) is 43.9 Å². The molecule has 1 saturated carbocycles. The summed E-state index contributed by atoms with van der Waals surface area (Å²) in [5.74, 6) is 0.0830. The Balaban J connectivity index is 1.61. The van der Waals surface area contributed by atoms with E-state index in [1.807, 2.05) is 98.7 Å². The number of nitrogens with zero attached hydrogens (tertiary/aromatic N) is 3. The molecule has 1 N–H and O–H groups in total. The van der Waals surface area contributed by atoms with Crippen LogP contribution in [0, 0.1) is 12.8 Å². The first-order chi connectivity index (χ1) is 18.8. The van der Waals surface area contributed by atoms with Crippen molar-refractivity contribution in [2.75, 3.05) is 24.3 Å². The minimum absolute atomic E-state index is 0.0784. The van der Waals surface area contributed by atoms with E-state index >= 15 is 0 Å². The molecule has 1 aliphatic rings. The lowest BCUT2D eigenvalue weighted by atomic mass is 10.0. The zero-order chi connectivity index (χ0) is 27.5. The van der Waals surface area contributed by atoms with E-state index in [1.165, 1.54) is 6.92 Å². The van der Waals surface area contributed by atoms with E-state index in [0.29, 0.717) is 17.1 Å². The average Bonchev–Trinajstić information content (AvgIpc) is 3.59. The smallest absolute Gasteiger partial charge is 0.309 e. The molecule has 3 aromatic carbocycles. The van der Waals surface area contributed by atoms with Gasteiger partial charge < -0.3 is 15.0 Å². The number of anilines is 2. The second kappa shape index (κ2) is 11.2. The Hall–Kier alpha value is -4.39. The van der Waals surface area contributed by atoms with Crippen LogP contribution in [-0.4, -0.2) is 35.8 Å². The maximum absolute atomic E-state index is 12.7. The molecule has 5 rings (SSSR count). The summed E-state index contributed by atoms with van der Waals surface area (Å²) < 4.78 is 7.51. The molecule has 0 radical (unpaired) electrons. The lowest BCUT2D eigenvalue weighted by Gasteiger charge is -2.13. The Labute approximate surface area is 229 Å². The van der Waals surface area contributed by atoms with Crippen molar-refractivity contribution in [3.8, 4) is 34.0 Å². The number of esters is 1. The number of carbonyl (C=O) groups excluding carboxylic acids is 2. The quantitative estimate of drug-likeness (QED) is 0.276. The molecule has 0 atom stereocenters. The summed E-state index contributed by atoms with van der Waals surface area (Å²) in [6.07, 6.45) is 4.12. The van der Waals surface area contributed by atoms with Crippen LogP contribution in [0.25, 0.3) is 28.1 Å². The minimum Gasteiger partial charge on any atom is -0.407 e. The highest BCUT2D eigenvalue weighted by molar-refractivity contribution is 5.93. The van der Waals surface area contributed by atoms with Crippen LogP contribution < -0.4 is 15.0 Å². The molecule has 0 unspecified atom stereocenters. The molecule has 7 nitrogen and oxygen atoms in total. The SMILES string of the molecule is CC(=O)Oc1c(-c2ccc(NC(=O)C3CCCC3)cc2)c(-c2ccc(N(C)C)cc2)nn1-c1ccc(C)cc1. The van der Waals surface area contributed by atoms with Gasteiger partial charge in [0.05, 0.1) is 11.3 Å². The lowest BCUT2D eigenvalue weighted by molar-refractivity contribution is -0.132. The molecule has 200 valence electrons. The summed E-state index contributed by atoms with van der Waals surface area (Å²) in [4.78, 5) is 27.0. The highest BCUT2D eigenvalue weighted by Crippen LogP contribution is 2.41. The van der Waals surface area contributed by atoms with Crippen molar-refractivity contribution in [1.82, 2.24) is 9.78 Å². The third kappa shape index (κ3) is 5.72. The average molecular weight is 523 g/mol. The largest absolute Gasteiger partial charge is 0.407 e. The zero-order valence-electron chi connectivity index (χ0n) is 22.9. The van der Waals surface area contributed by atoms with Crippen LogP contribution >= 0.6 is 0 Å². The molecule has 0 aliphatic heterocycles. The van der Waals surface area contributed by atoms with Gasteiger partial charge in [0.25, 0.3) is 0 Å². The van der Waals surface area contributed by atoms with Crippen molar-refractivity contribution in [1.29, 1.82) is 0 Å². The summed E-state index contributed by atoms with van der Waals surface area (Å²) in [7, 11) is 4.00. The first-order valence-electron chi connectivity index (χ1n) is 13.4. The van der Waals surface area contributed by atoms with Crippen LogP contribution in [0.1, 0.15) is 38.2 Å². The summed E-state index contributed by atoms with van der Waals surface area (Å²) in [6.45, 7) is 3.42. The number of hydrogen-bond donors (Lipinski definition) is 1. The van der Waals surface area contributed by atoms with Crippen LogP contribution in [0.15, 0.2) is 72.8 Å². The zero-order valence-corrected chi connectivity index (χ0v) is 22.9. The Bertz CT molecular complexity index is 1460. The predicted molar refractivity (Wildman–Crippen MR) is 155 cm³/mol. The van der Waals surface area contributed by atoms with Gasteiger partial charge in [0.15, 0.2) is 0 Å². The standard InChI is InChI=1S/C32H34N4O3/c1-21-9-17-28(18-10-21)36-32(39-22(2)37)29(30(34-36)24-13-19-27(20-14-24)35(3)4)23-11-15-26(16-12-23)33-31(38)25-7-5-6-8-25/h9-20,25H,5-8H2,1-4H3,(H,33,38). The van der Waals surface area contributed by atoms with E-state index in [1.54, 1.807) is 4.68 Å². The summed E-state index contributed by atoms with van der Waals surface area (Å²) in [6, 6.07) is 23.7. The monoisotopic (exact) mass is 522 g/mol. The van der Waals surface area contributed by atoms with E-state index in [2.05, 4.69) is 5.32 Å². The molecule has 4 aromatic rings. The van der Waals surface area contributed by atoms with Gasteiger partial charge in [-0.1, -0.05) is 54.8 Å². The van der Waals surface area contributed by atoms with Crippen LogP contribution in [0.5, 0.6) is 5.88 Å². The van der Waals surface area contributed by atoms with Crippen molar-refractivity contribution < 1.29 is 14.3 Å². The highest BCUT2D eigenvalue weighted by Gasteiger charge is 2.26. The number of ether oxygens (including phenoxy) is 1. The molecule has 1 aromatic heterocycles. The first kappa shape index (κ1) is 26.2. The van der Waals surface area contributed by atoms with Crippen molar-refractivity contribution in [2.45, 2.75) is 39.5 Å². The van der Waals surface area contributed by atoms with Crippen LogP contribution in [0.4, 0.5) is 11.4 Å². The number of amides is 1. The van der Waals surface area contributed by atoms with E-state index < -0.39 is 5.97 Å². The molecule has 1 aliphatic carbocycles. The van der Waals surface area contributed by atoms with E-state index in [0.717, 1.165) is 59.4 Å². The topological polar surface area (TPSA) is 76.5 Å². The predicted octanol–water partition coefficient (Wildman–Crippen LogP) is 6.63. The second-order valence-corrected chi connectivity index (χ2v) is 10.4. The fourth-order valence-corrected chi connectivity index (χ4v) is 5.03. The van der Waals surface area contributed by atoms with Crippen molar-refractivity contribution in [2.24, 2.45) is 5.92 Å². The second-order valence-electron chi connectivity index (χ2n) is 10.4. The Morgan fingerprint density at radius 3 is 2.10 bits per heavy atom. The molecule has 1 heterocycles. The number of rotatable bonds is 7. The van der Waals surface area contributed by atoms with Crippen molar-refractivity contribution >= 4 is 23.3 Å². The molecular formula is C32H34N4O3. The highest BCUT2D eigenvalue weighted by atomic mass is 16.5. The Morgan fingerprint density at radius 2 is 1.51 bits per heavy atom. The van der Waals surface area contributed by atoms with Crippen molar-refractivity contribution in [3.63, 3.8) is 0 Å². The van der Waals surface area contributed by atoms with Gasteiger partial charge in [-0.2, -0.15) is 9.78 Å². The number of carbonyl (C=O) groups is 2. The lowest BCUT2D eigenvalue weighted by Crippen LogP contribution is -2.20. The van der Waals surface area contributed by atoms with E-state index in [4.69, 9.17) is 9.84 Å². The van der Waals surface area contributed by atoms with E-state index in [-0.39, 0.29) is 11.8 Å². The van der Waals surface area contributed by atoms with Gasteiger partial charge in [0.2, 0.25) is 11.8 Å². The van der Waals surface area contributed by atoms with Gasteiger partial charge in [0.1, 0.15) is 5.69 Å². The van der Waals surface area contributed by atoms with Crippen LogP contribution in [0.2, 0.25) is 0 Å². The molecule has 1 fully saturated rings. The summed E-state index contributed by atoms with van der Waals surface area (Å²) >= 11 is 0. The fraction of sp³-hybridized carbons (Fsp3) is 0.281. The van der Waals surface area contributed by atoms with Gasteiger partial charge in [-0.05, 0) is 61.7 Å². The summed E-state index contributed by atoms with van der Waals surface area (Å²) in [5, 5.41) is 8.02. The Morgan fingerprint density at radius 1 is 0.897 bits per heavy atom. The maximum Gasteiger partial charge on any atom is 0.309 e. The van der Waals surface area contributed by atoms with Gasteiger partial charge in [-0.15, -0.1) is 0 Å². The molecule has 0 spiro atoms. The van der Waals surface area contributed by atoms with Crippen LogP contribution in [-0.2, 0) is 9.59 Å². The third-order valence-corrected chi connectivity index (χ3v) is 7.19. The van der Waals surface area contributed by atoms with E-state index in [9.17, 15) is 9.59 Å². The molecule has 0 saturated heterocycles. The fourth-order valence-electron chi connectivity index (χ4n) is 5.03. The van der Waals surface area contributed by atoms with Crippen molar-refractivity contribution in [3.05, 3.63) is 78.4 Å². The Kier molecular flexibility index (Phi) is 7.50. The van der Waals surface area contributed by atoms with Crippen LogP contribution in [0.3, 0.4) is 0 Å². The molecule has 0 bridgehead atoms. The molecule has 39 heavy (non-hydrogen) atoms.